The van der Waals surface area contributed by atoms with Crippen LogP contribution in [0.5, 0.6) is 0 Å². The second-order valence-corrected chi connectivity index (χ2v) is 17.7. The average Bonchev–Trinajstić information content (AvgIpc) is 3.21. The lowest BCUT2D eigenvalue weighted by molar-refractivity contribution is -0.220. The van der Waals surface area contributed by atoms with Crippen molar-refractivity contribution in [3.05, 3.63) is 24.3 Å². The third-order valence-corrected chi connectivity index (χ3v) is 11.8. The van der Waals surface area contributed by atoms with E-state index in [1.165, 1.54) is 77.0 Å². The molecule has 0 saturated heterocycles. The molecule has 0 bridgehead atoms. The maximum Gasteiger partial charge on any atom is 0.472 e. The van der Waals surface area contributed by atoms with Crippen LogP contribution < -0.4 is 0 Å². The first-order valence-corrected chi connectivity index (χ1v) is 24.6. The summed E-state index contributed by atoms with van der Waals surface area (Å²) in [4.78, 5) is 35.7. The van der Waals surface area contributed by atoms with Crippen molar-refractivity contribution in [3.63, 3.8) is 0 Å². The maximum atomic E-state index is 12.8. The molecule has 6 unspecified atom stereocenters. The molecule has 1 fully saturated rings. The van der Waals surface area contributed by atoms with Gasteiger partial charge in [-0.1, -0.05) is 141 Å². The second kappa shape index (κ2) is 35.9. The molecule has 0 aromatic carbocycles. The summed E-state index contributed by atoms with van der Waals surface area (Å²) in [6, 6.07) is 0. The molecule has 8 atom stereocenters. The molecule has 0 heterocycles. The largest absolute Gasteiger partial charge is 0.472 e. The van der Waals surface area contributed by atoms with E-state index in [9.17, 15) is 44.6 Å². The zero-order valence-corrected chi connectivity index (χ0v) is 37.4. The van der Waals surface area contributed by atoms with Gasteiger partial charge in [-0.2, -0.15) is 0 Å². The van der Waals surface area contributed by atoms with Crippen LogP contribution in [-0.2, 0) is 32.7 Å². The standard InChI is InChI=1S/C45H83O13P/c1-3-5-7-9-11-13-15-17-19-21-23-25-27-29-31-33-38(46)55-35-37(36-56-59(53,54)58-45-43(51)41(49)40(48)42(50)44(45)52)57-39(47)34-32-30-28-26-24-22-20-18-16-14-12-10-8-6-4-2/h14,16-17,19,37,40-45,48-52H,3-13,15,18,20-36H2,1-2H3,(H,53,54)/b16-14+,19-17+/t37-,40?,41-,42?,43?,44?,45?/m1/s1. The highest BCUT2D eigenvalue weighted by atomic mass is 31.2. The Morgan fingerprint density at radius 3 is 1.31 bits per heavy atom. The number of hydrogen-bond donors (Lipinski definition) is 6. The lowest BCUT2D eigenvalue weighted by Crippen LogP contribution is -2.64. The molecule has 1 rings (SSSR count). The van der Waals surface area contributed by atoms with Crippen LogP contribution in [0.3, 0.4) is 0 Å². The van der Waals surface area contributed by atoms with Crippen LogP contribution >= 0.6 is 7.82 Å². The number of rotatable bonds is 38. The Morgan fingerprint density at radius 2 is 0.864 bits per heavy atom. The minimum atomic E-state index is -5.12. The van der Waals surface area contributed by atoms with Crippen LogP contribution in [0.2, 0.25) is 0 Å². The summed E-state index contributed by atoms with van der Waals surface area (Å²) in [5.74, 6) is -1.11. The van der Waals surface area contributed by atoms with Crippen molar-refractivity contribution in [3.8, 4) is 0 Å². The molecular weight excluding hydrogens is 779 g/mol. The minimum Gasteiger partial charge on any atom is -0.462 e. The Morgan fingerprint density at radius 1 is 0.508 bits per heavy atom. The third kappa shape index (κ3) is 28.5. The highest BCUT2D eigenvalue weighted by molar-refractivity contribution is 7.47. The van der Waals surface area contributed by atoms with Gasteiger partial charge in [-0.3, -0.25) is 18.6 Å². The van der Waals surface area contributed by atoms with Crippen LogP contribution in [0.15, 0.2) is 24.3 Å². The predicted octanol–water partition coefficient (Wildman–Crippen LogP) is 8.84. The molecule has 14 heteroatoms. The van der Waals surface area contributed by atoms with Crippen LogP contribution in [0, 0.1) is 0 Å². The van der Waals surface area contributed by atoms with E-state index in [1.54, 1.807) is 0 Å². The van der Waals surface area contributed by atoms with Crippen molar-refractivity contribution in [2.75, 3.05) is 13.2 Å². The summed E-state index contributed by atoms with van der Waals surface area (Å²) in [5, 5.41) is 50.1. The zero-order chi connectivity index (χ0) is 43.6. The van der Waals surface area contributed by atoms with Gasteiger partial charge in [0.2, 0.25) is 0 Å². The molecule has 1 aliphatic rings. The van der Waals surface area contributed by atoms with E-state index in [4.69, 9.17) is 18.5 Å². The van der Waals surface area contributed by atoms with E-state index in [2.05, 4.69) is 38.2 Å². The number of phosphoric acid groups is 1. The number of esters is 2. The van der Waals surface area contributed by atoms with Crippen molar-refractivity contribution in [1.29, 1.82) is 0 Å². The van der Waals surface area contributed by atoms with Crippen LogP contribution in [0.1, 0.15) is 194 Å². The summed E-state index contributed by atoms with van der Waals surface area (Å²) >= 11 is 0. The van der Waals surface area contributed by atoms with Gasteiger partial charge in [-0.15, -0.1) is 0 Å². The number of aliphatic hydroxyl groups excluding tert-OH is 5. The van der Waals surface area contributed by atoms with Gasteiger partial charge in [-0.25, -0.2) is 4.57 Å². The number of allylic oxidation sites excluding steroid dienone is 4. The van der Waals surface area contributed by atoms with Crippen molar-refractivity contribution in [2.45, 2.75) is 236 Å². The maximum absolute atomic E-state index is 12.8. The number of carbonyl (C=O) groups is 2. The minimum absolute atomic E-state index is 0.0915. The molecular formula is C45H83O13P. The first-order chi connectivity index (χ1) is 28.4. The Kier molecular flexibility index (Phi) is 33.7. The SMILES string of the molecule is CCCCCC/C=C/CCCCCCCCCC(=O)O[C@H](COC(=O)CCCCCCC/C=C/CCCCCCCC)COP(=O)(O)OC1C(O)C(O)C(O)[C@@H](O)C1O. The molecule has 0 aromatic heterocycles. The van der Waals surface area contributed by atoms with Gasteiger partial charge in [0.1, 0.15) is 43.2 Å². The molecule has 346 valence electrons. The Bertz CT molecular complexity index is 1130. The monoisotopic (exact) mass is 863 g/mol. The van der Waals surface area contributed by atoms with Crippen LogP contribution in [0.4, 0.5) is 0 Å². The quantitative estimate of drug-likeness (QED) is 0.0149. The zero-order valence-electron chi connectivity index (χ0n) is 36.6. The molecule has 0 aliphatic heterocycles. The lowest BCUT2D eigenvalue weighted by atomic mass is 9.85. The Hall–Kier alpha value is -1.67. The fourth-order valence-electron chi connectivity index (χ4n) is 6.98. The molecule has 13 nitrogen and oxygen atoms in total. The van der Waals surface area contributed by atoms with Gasteiger partial charge in [0.15, 0.2) is 6.10 Å². The van der Waals surface area contributed by atoms with Crippen LogP contribution in [0.25, 0.3) is 0 Å². The molecule has 1 aliphatic carbocycles. The van der Waals surface area contributed by atoms with Gasteiger partial charge < -0.3 is 39.9 Å². The topological polar surface area (TPSA) is 210 Å². The fourth-order valence-corrected chi connectivity index (χ4v) is 7.95. The lowest BCUT2D eigenvalue weighted by Gasteiger charge is -2.41. The van der Waals surface area contributed by atoms with Gasteiger partial charge >= 0.3 is 19.8 Å². The van der Waals surface area contributed by atoms with E-state index < -0.39 is 75.7 Å². The summed E-state index contributed by atoms with van der Waals surface area (Å²) < 4.78 is 33.5. The third-order valence-electron chi connectivity index (χ3n) is 10.8. The van der Waals surface area contributed by atoms with E-state index >= 15 is 0 Å². The Labute approximate surface area is 356 Å². The van der Waals surface area contributed by atoms with Crippen molar-refractivity contribution in [1.82, 2.24) is 0 Å². The summed E-state index contributed by atoms with van der Waals surface area (Å²) in [5.41, 5.74) is 0. The van der Waals surface area contributed by atoms with Crippen molar-refractivity contribution >= 4 is 19.8 Å². The van der Waals surface area contributed by atoms with Crippen molar-refractivity contribution < 1.29 is 63.1 Å². The van der Waals surface area contributed by atoms with Gasteiger partial charge in [0.05, 0.1) is 6.61 Å². The summed E-state index contributed by atoms with van der Waals surface area (Å²) in [6.45, 7) is 3.27. The Balaban J connectivity index is 2.47. The van der Waals surface area contributed by atoms with Crippen molar-refractivity contribution in [2.24, 2.45) is 0 Å². The average molecular weight is 863 g/mol. The second-order valence-electron chi connectivity index (χ2n) is 16.3. The molecule has 0 amide bonds. The number of carbonyl (C=O) groups excluding carboxylic acids is 2. The number of ether oxygens (including phenoxy) is 2. The highest BCUT2D eigenvalue weighted by Crippen LogP contribution is 2.47. The summed E-state index contributed by atoms with van der Waals surface area (Å²) in [6.07, 6.45) is 25.1. The van der Waals surface area contributed by atoms with E-state index in [1.807, 2.05) is 0 Å². The predicted molar refractivity (Wildman–Crippen MR) is 230 cm³/mol. The van der Waals surface area contributed by atoms with Gasteiger partial charge in [-0.05, 0) is 64.2 Å². The molecule has 6 N–H and O–H groups in total. The number of phosphoric ester groups is 1. The fraction of sp³-hybridized carbons (Fsp3) is 0.867. The van der Waals surface area contributed by atoms with E-state index in [0.717, 1.165) is 77.0 Å². The summed E-state index contributed by atoms with van der Waals surface area (Å²) in [7, 11) is -5.12. The first kappa shape index (κ1) is 55.3. The molecule has 1 saturated carbocycles. The smallest absolute Gasteiger partial charge is 0.462 e. The number of hydrogen-bond acceptors (Lipinski definition) is 12. The first-order valence-electron chi connectivity index (χ1n) is 23.1. The van der Waals surface area contributed by atoms with E-state index in [0.29, 0.717) is 12.8 Å². The van der Waals surface area contributed by atoms with E-state index in [-0.39, 0.29) is 12.8 Å². The number of aliphatic hydroxyl groups is 5. The van der Waals surface area contributed by atoms with Gasteiger partial charge in [0, 0.05) is 12.8 Å². The highest BCUT2D eigenvalue weighted by Gasteiger charge is 2.51. The number of unbranched alkanes of at least 4 members (excludes halogenated alkanes) is 22. The molecule has 0 aromatic rings. The molecule has 0 radical (unpaired) electrons. The normalized spacial score (nSPS) is 22.5. The van der Waals surface area contributed by atoms with Crippen LogP contribution in [-0.4, -0.2) is 98.3 Å². The van der Waals surface area contributed by atoms with Gasteiger partial charge in [0.25, 0.3) is 0 Å². The molecule has 0 spiro atoms. The molecule has 59 heavy (non-hydrogen) atoms.